The van der Waals surface area contributed by atoms with Gasteiger partial charge in [0.25, 0.3) is 0 Å². The Balaban J connectivity index is 1.61. The molecule has 7 nitrogen and oxygen atoms in total. The summed E-state index contributed by atoms with van der Waals surface area (Å²) < 4.78 is 3.75. The Labute approximate surface area is 193 Å². The second-order valence-corrected chi connectivity index (χ2v) is 8.63. The molecule has 0 aliphatic rings. The molecule has 0 saturated carbocycles. The molecule has 0 aliphatic heterocycles. The Morgan fingerprint density at radius 1 is 1.06 bits per heavy atom. The monoisotopic (exact) mass is 442 g/mol. The van der Waals surface area contributed by atoms with Gasteiger partial charge in [-0.2, -0.15) is 0 Å². The highest BCUT2D eigenvalue weighted by Gasteiger charge is 2.13. The second kappa shape index (κ2) is 10.3. The van der Waals surface area contributed by atoms with Gasteiger partial charge < -0.3 is 0 Å². The van der Waals surface area contributed by atoms with Crippen LogP contribution < -0.4 is 5.69 Å². The number of aromatic amines is 1. The fourth-order valence-electron chi connectivity index (χ4n) is 3.90. The predicted octanol–water partition coefficient (Wildman–Crippen LogP) is 4.71. The molecule has 0 saturated heterocycles. The third kappa shape index (κ3) is 5.19. The van der Waals surface area contributed by atoms with E-state index in [0.29, 0.717) is 18.3 Å². The van der Waals surface area contributed by atoms with E-state index < -0.39 is 0 Å². The molecule has 0 atom stereocenters. The van der Waals surface area contributed by atoms with Crippen molar-refractivity contribution in [3.05, 3.63) is 88.6 Å². The Kier molecular flexibility index (Phi) is 6.98. The van der Waals surface area contributed by atoms with Gasteiger partial charge in [-0.1, -0.05) is 74.5 Å². The van der Waals surface area contributed by atoms with Crippen LogP contribution in [0.3, 0.4) is 0 Å². The van der Waals surface area contributed by atoms with Crippen molar-refractivity contribution in [1.29, 1.82) is 0 Å². The maximum Gasteiger partial charge on any atom is 0.328 e. The highest BCUT2D eigenvalue weighted by Crippen LogP contribution is 2.29. The van der Waals surface area contributed by atoms with Crippen LogP contribution in [0.1, 0.15) is 38.4 Å². The normalized spacial score (nSPS) is 11.6. The van der Waals surface area contributed by atoms with Gasteiger partial charge in [0.15, 0.2) is 5.82 Å². The number of H-pyrrole nitrogens is 1. The summed E-state index contributed by atoms with van der Waals surface area (Å²) in [6.45, 7) is 7.67. The number of tetrazole rings is 1. The highest BCUT2D eigenvalue weighted by atomic mass is 16.1. The van der Waals surface area contributed by atoms with Crippen molar-refractivity contribution < 1.29 is 0 Å². The Hall–Kier alpha value is -3.74. The third-order valence-corrected chi connectivity index (χ3v) is 5.77. The van der Waals surface area contributed by atoms with Crippen molar-refractivity contribution in [3.63, 3.8) is 0 Å². The molecule has 2 heterocycles. The van der Waals surface area contributed by atoms with Gasteiger partial charge >= 0.3 is 5.69 Å². The molecule has 0 unspecified atom stereocenters. The van der Waals surface area contributed by atoms with Crippen LogP contribution in [0.4, 0.5) is 0 Å². The number of aryl methyl sites for hydroxylation is 1. The van der Waals surface area contributed by atoms with Crippen molar-refractivity contribution in [2.45, 2.75) is 46.7 Å². The Morgan fingerprint density at radius 2 is 1.82 bits per heavy atom. The summed E-state index contributed by atoms with van der Waals surface area (Å²) in [7, 11) is 0. The second-order valence-electron chi connectivity index (χ2n) is 8.63. The van der Waals surface area contributed by atoms with Crippen LogP contribution in [0.2, 0.25) is 0 Å². The number of imidazole rings is 1. The van der Waals surface area contributed by atoms with E-state index in [9.17, 15) is 4.79 Å². The van der Waals surface area contributed by atoms with Gasteiger partial charge in [-0.3, -0.25) is 9.13 Å². The van der Waals surface area contributed by atoms with Crippen molar-refractivity contribution >= 4 is 0 Å². The molecule has 4 rings (SSSR count). The first-order chi connectivity index (χ1) is 16.1. The maximum absolute atomic E-state index is 13.1. The van der Waals surface area contributed by atoms with Crippen LogP contribution in [-0.4, -0.2) is 29.8 Å². The van der Waals surface area contributed by atoms with Gasteiger partial charge in [0, 0.05) is 30.4 Å². The fraction of sp³-hybridized carbons (Fsp3) is 0.308. The van der Waals surface area contributed by atoms with Gasteiger partial charge in [-0.15, -0.1) is 5.10 Å². The lowest BCUT2D eigenvalue weighted by Gasteiger charge is -2.10. The van der Waals surface area contributed by atoms with E-state index in [0.717, 1.165) is 47.3 Å². The molecule has 0 radical (unpaired) electrons. The zero-order valence-electron chi connectivity index (χ0n) is 19.4. The third-order valence-electron chi connectivity index (χ3n) is 5.77. The average Bonchev–Trinajstić information content (AvgIpc) is 3.46. The van der Waals surface area contributed by atoms with E-state index >= 15 is 0 Å². The van der Waals surface area contributed by atoms with Crippen LogP contribution in [0.15, 0.2) is 71.7 Å². The summed E-state index contributed by atoms with van der Waals surface area (Å²) in [6, 6.07) is 16.4. The highest BCUT2D eigenvalue weighted by molar-refractivity contribution is 5.80. The number of nitrogens with zero attached hydrogens (tertiary/aromatic N) is 5. The molecular formula is C26H30N6O. The SMILES string of the molecule is CC=CCc1cn(CCC(C)C)c(=O)n1Cc1ccc(-c2ccccc2-c2nnn[nH]2)cc1. The lowest BCUT2D eigenvalue weighted by Crippen LogP contribution is -2.26. The maximum atomic E-state index is 13.1. The van der Waals surface area contributed by atoms with Crippen LogP contribution in [-0.2, 0) is 19.5 Å². The molecule has 0 fully saturated rings. The molecule has 4 aromatic rings. The summed E-state index contributed by atoms with van der Waals surface area (Å²) in [5.41, 5.74) is 5.25. The Morgan fingerprint density at radius 3 is 2.48 bits per heavy atom. The van der Waals surface area contributed by atoms with Crippen LogP contribution in [0, 0.1) is 5.92 Å². The molecule has 170 valence electrons. The first-order valence-electron chi connectivity index (χ1n) is 11.4. The standard InChI is InChI=1S/C26H30N6O/c1-4-5-8-22-18-31(16-15-19(2)3)26(33)32(22)17-20-11-13-21(14-12-20)23-9-6-7-10-24(23)25-27-29-30-28-25/h4-7,9-14,18-19H,8,15-17H2,1-3H3,(H,27,28,29,30). The smallest absolute Gasteiger partial charge is 0.299 e. The summed E-state index contributed by atoms with van der Waals surface area (Å²) in [5, 5.41) is 14.3. The first-order valence-corrected chi connectivity index (χ1v) is 11.4. The first kappa shape index (κ1) is 22.5. The van der Waals surface area contributed by atoms with Crippen LogP contribution in [0.25, 0.3) is 22.5 Å². The number of hydrogen-bond donors (Lipinski definition) is 1. The van der Waals surface area contributed by atoms with Gasteiger partial charge in [0.1, 0.15) is 0 Å². The minimum Gasteiger partial charge on any atom is -0.299 e. The number of hydrogen-bond acceptors (Lipinski definition) is 4. The van der Waals surface area contributed by atoms with E-state index in [2.05, 4.69) is 70.9 Å². The molecule has 0 bridgehead atoms. The molecule has 0 spiro atoms. The molecule has 0 amide bonds. The molecule has 2 aromatic carbocycles. The van der Waals surface area contributed by atoms with Crippen molar-refractivity contribution in [2.24, 2.45) is 5.92 Å². The van der Waals surface area contributed by atoms with E-state index in [4.69, 9.17) is 0 Å². The molecule has 7 heteroatoms. The minimum absolute atomic E-state index is 0.0578. The molecule has 1 N–H and O–H groups in total. The number of nitrogens with one attached hydrogen (secondary N) is 1. The topological polar surface area (TPSA) is 81.4 Å². The summed E-state index contributed by atoms with van der Waals surface area (Å²) in [5.74, 6) is 1.19. The quantitative estimate of drug-likeness (QED) is 0.381. The number of benzene rings is 2. The zero-order chi connectivity index (χ0) is 23.2. The van der Waals surface area contributed by atoms with Crippen LogP contribution >= 0.6 is 0 Å². The van der Waals surface area contributed by atoms with Crippen molar-refractivity contribution in [3.8, 4) is 22.5 Å². The molecular weight excluding hydrogens is 412 g/mol. The van der Waals surface area contributed by atoms with E-state index in [1.807, 2.05) is 46.5 Å². The van der Waals surface area contributed by atoms with Gasteiger partial charge in [0.2, 0.25) is 0 Å². The molecule has 0 aliphatic carbocycles. The Bertz CT molecular complexity index is 1260. The van der Waals surface area contributed by atoms with Gasteiger partial charge in [-0.05, 0) is 46.4 Å². The summed E-state index contributed by atoms with van der Waals surface area (Å²) in [6.07, 6.45) is 7.87. The summed E-state index contributed by atoms with van der Waals surface area (Å²) >= 11 is 0. The van der Waals surface area contributed by atoms with Gasteiger partial charge in [0.05, 0.1) is 6.54 Å². The zero-order valence-corrected chi connectivity index (χ0v) is 19.4. The average molecular weight is 443 g/mol. The largest absolute Gasteiger partial charge is 0.328 e. The fourth-order valence-corrected chi connectivity index (χ4v) is 3.90. The van der Waals surface area contributed by atoms with E-state index in [1.165, 1.54) is 0 Å². The number of rotatable bonds is 9. The molecule has 2 aromatic heterocycles. The number of aromatic nitrogens is 6. The van der Waals surface area contributed by atoms with E-state index in [-0.39, 0.29) is 5.69 Å². The predicted molar refractivity (Wildman–Crippen MR) is 131 cm³/mol. The van der Waals surface area contributed by atoms with Crippen molar-refractivity contribution in [1.82, 2.24) is 29.8 Å². The minimum atomic E-state index is 0.0578. The van der Waals surface area contributed by atoms with E-state index in [1.54, 1.807) is 0 Å². The number of allylic oxidation sites excluding steroid dienone is 2. The van der Waals surface area contributed by atoms with Crippen LogP contribution in [0.5, 0.6) is 0 Å². The lowest BCUT2D eigenvalue weighted by molar-refractivity contribution is 0.503. The van der Waals surface area contributed by atoms with Crippen molar-refractivity contribution in [2.75, 3.05) is 0 Å². The van der Waals surface area contributed by atoms with Gasteiger partial charge in [-0.25, -0.2) is 9.89 Å². The lowest BCUT2D eigenvalue weighted by atomic mass is 9.98. The molecule has 33 heavy (non-hydrogen) atoms. The summed E-state index contributed by atoms with van der Waals surface area (Å²) in [4.78, 5) is 13.1.